The Morgan fingerprint density at radius 2 is 2.33 bits per heavy atom. The smallest absolute Gasteiger partial charge is 0.169 e. The van der Waals surface area contributed by atoms with E-state index in [0.29, 0.717) is 12.2 Å². The van der Waals surface area contributed by atoms with Crippen LogP contribution in [0, 0.1) is 0 Å². The third kappa shape index (κ3) is 1.83. The van der Waals surface area contributed by atoms with Crippen LogP contribution in [0.5, 0.6) is 0 Å². The van der Waals surface area contributed by atoms with Gasteiger partial charge in [-0.1, -0.05) is 12.1 Å². The lowest BCUT2D eigenvalue weighted by molar-refractivity contribution is 0.469. The standard InChI is InChI=1S/C8H14N4O2S/c1-2-7-8(9)10-11-12(7)6-3-4-15(13,14)5-6/h6H,2-5,9H2,1H3. The number of hydrogen-bond donors (Lipinski definition) is 1. The van der Waals surface area contributed by atoms with Crippen LogP contribution >= 0.6 is 0 Å². The molecular formula is C8H14N4O2S. The Morgan fingerprint density at radius 3 is 2.87 bits per heavy atom. The number of nitrogens with zero attached hydrogens (tertiary/aromatic N) is 3. The predicted molar refractivity (Wildman–Crippen MR) is 56.1 cm³/mol. The normalized spacial score (nSPS) is 24.5. The summed E-state index contributed by atoms with van der Waals surface area (Å²) in [4.78, 5) is 0. The molecule has 1 fully saturated rings. The van der Waals surface area contributed by atoms with Gasteiger partial charge in [0.25, 0.3) is 0 Å². The number of rotatable bonds is 2. The molecule has 1 aliphatic rings. The zero-order valence-electron chi connectivity index (χ0n) is 8.55. The Morgan fingerprint density at radius 1 is 1.60 bits per heavy atom. The fourth-order valence-corrected chi connectivity index (χ4v) is 3.62. The second kappa shape index (κ2) is 3.48. The first-order valence-corrected chi connectivity index (χ1v) is 6.75. The quantitative estimate of drug-likeness (QED) is 0.758. The van der Waals surface area contributed by atoms with Gasteiger partial charge in [0, 0.05) is 0 Å². The molecule has 0 saturated carbocycles. The van der Waals surface area contributed by atoms with Crippen LogP contribution < -0.4 is 5.73 Å². The van der Waals surface area contributed by atoms with E-state index in [2.05, 4.69) is 10.3 Å². The molecule has 1 unspecified atom stereocenters. The van der Waals surface area contributed by atoms with Gasteiger partial charge in [0.15, 0.2) is 15.7 Å². The summed E-state index contributed by atoms with van der Waals surface area (Å²) in [6.45, 7) is 1.95. The number of hydrogen-bond acceptors (Lipinski definition) is 5. The van der Waals surface area contributed by atoms with Crippen molar-refractivity contribution in [1.29, 1.82) is 0 Å². The van der Waals surface area contributed by atoms with E-state index in [-0.39, 0.29) is 17.5 Å². The fraction of sp³-hybridized carbons (Fsp3) is 0.750. The summed E-state index contributed by atoms with van der Waals surface area (Å²) in [5.41, 5.74) is 6.47. The zero-order valence-corrected chi connectivity index (χ0v) is 9.37. The first-order valence-electron chi connectivity index (χ1n) is 4.93. The number of nitrogen functional groups attached to an aromatic ring is 1. The summed E-state index contributed by atoms with van der Waals surface area (Å²) >= 11 is 0. The third-order valence-electron chi connectivity index (χ3n) is 2.71. The van der Waals surface area contributed by atoms with Gasteiger partial charge in [-0.25, -0.2) is 13.1 Å². The van der Waals surface area contributed by atoms with Gasteiger partial charge in [-0.15, -0.1) is 5.10 Å². The highest BCUT2D eigenvalue weighted by atomic mass is 32.2. The van der Waals surface area contributed by atoms with Gasteiger partial charge in [0.2, 0.25) is 0 Å². The lowest BCUT2D eigenvalue weighted by atomic mass is 10.2. The number of anilines is 1. The molecule has 0 amide bonds. The summed E-state index contributed by atoms with van der Waals surface area (Å²) in [5.74, 6) is 0.797. The van der Waals surface area contributed by atoms with Crippen molar-refractivity contribution in [2.45, 2.75) is 25.8 Å². The van der Waals surface area contributed by atoms with E-state index in [1.165, 1.54) is 0 Å². The maximum atomic E-state index is 11.3. The summed E-state index contributed by atoms with van der Waals surface area (Å²) in [6, 6.07) is -0.0882. The van der Waals surface area contributed by atoms with Gasteiger partial charge >= 0.3 is 0 Å². The molecule has 2 rings (SSSR count). The molecule has 1 aromatic heterocycles. The Labute approximate surface area is 88.4 Å². The Kier molecular flexibility index (Phi) is 2.41. The van der Waals surface area contributed by atoms with Crippen molar-refractivity contribution in [3.05, 3.63) is 5.69 Å². The minimum atomic E-state index is -2.89. The molecule has 84 valence electrons. The molecule has 0 radical (unpaired) electrons. The van der Waals surface area contributed by atoms with E-state index in [1.54, 1.807) is 4.68 Å². The van der Waals surface area contributed by atoms with Crippen molar-refractivity contribution in [2.75, 3.05) is 17.2 Å². The van der Waals surface area contributed by atoms with Crippen LogP contribution in [0.15, 0.2) is 0 Å². The average molecular weight is 230 g/mol. The van der Waals surface area contributed by atoms with Crippen LogP contribution in [-0.2, 0) is 16.3 Å². The van der Waals surface area contributed by atoms with Crippen LogP contribution in [-0.4, -0.2) is 34.9 Å². The summed E-state index contributed by atoms with van der Waals surface area (Å²) in [5, 5.41) is 7.69. The maximum absolute atomic E-state index is 11.3. The molecule has 2 heterocycles. The van der Waals surface area contributed by atoms with Crippen LogP contribution in [0.3, 0.4) is 0 Å². The highest BCUT2D eigenvalue weighted by Crippen LogP contribution is 2.25. The van der Waals surface area contributed by atoms with Crippen molar-refractivity contribution in [1.82, 2.24) is 15.0 Å². The van der Waals surface area contributed by atoms with Gasteiger partial charge in [-0.2, -0.15) is 0 Å². The highest BCUT2D eigenvalue weighted by Gasteiger charge is 2.31. The second-order valence-electron chi connectivity index (χ2n) is 3.78. The Bertz CT molecular complexity index is 465. The molecule has 1 aromatic rings. The van der Waals surface area contributed by atoms with Gasteiger partial charge in [-0.05, 0) is 12.8 Å². The van der Waals surface area contributed by atoms with Gasteiger partial charge in [0.1, 0.15) is 0 Å². The van der Waals surface area contributed by atoms with Crippen LogP contribution in [0.2, 0.25) is 0 Å². The van der Waals surface area contributed by atoms with Crippen LogP contribution in [0.4, 0.5) is 5.82 Å². The summed E-state index contributed by atoms with van der Waals surface area (Å²) in [6.07, 6.45) is 1.33. The van der Waals surface area contributed by atoms with Gasteiger partial charge in [0.05, 0.1) is 23.2 Å². The minimum absolute atomic E-state index is 0.0882. The molecule has 1 saturated heterocycles. The molecule has 7 heteroatoms. The van der Waals surface area contributed by atoms with Crippen molar-refractivity contribution < 1.29 is 8.42 Å². The molecule has 6 nitrogen and oxygen atoms in total. The SMILES string of the molecule is CCc1c(N)nnn1C1CCS(=O)(=O)C1. The van der Waals surface area contributed by atoms with E-state index in [1.807, 2.05) is 6.92 Å². The molecule has 1 atom stereocenters. The van der Waals surface area contributed by atoms with Crippen molar-refractivity contribution in [3.63, 3.8) is 0 Å². The van der Waals surface area contributed by atoms with E-state index in [4.69, 9.17) is 5.73 Å². The number of nitrogens with two attached hydrogens (primary N) is 1. The summed E-state index contributed by atoms with van der Waals surface area (Å²) in [7, 11) is -2.89. The molecule has 1 aliphatic heterocycles. The molecule has 15 heavy (non-hydrogen) atoms. The van der Waals surface area contributed by atoms with Crippen molar-refractivity contribution in [2.24, 2.45) is 0 Å². The van der Waals surface area contributed by atoms with Gasteiger partial charge in [-0.3, -0.25) is 0 Å². The Hall–Kier alpha value is -1.11. The van der Waals surface area contributed by atoms with E-state index in [9.17, 15) is 8.42 Å². The minimum Gasteiger partial charge on any atom is -0.381 e. The third-order valence-corrected chi connectivity index (χ3v) is 4.46. The number of aromatic nitrogens is 3. The first kappa shape index (κ1) is 10.4. The highest BCUT2D eigenvalue weighted by molar-refractivity contribution is 7.91. The number of sulfone groups is 1. The average Bonchev–Trinajstić information content (AvgIpc) is 2.69. The van der Waals surface area contributed by atoms with Crippen molar-refractivity contribution >= 4 is 15.7 Å². The van der Waals surface area contributed by atoms with E-state index >= 15 is 0 Å². The topological polar surface area (TPSA) is 90.9 Å². The lowest BCUT2D eigenvalue weighted by Gasteiger charge is -2.10. The maximum Gasteiger partial charge on any atom is 0.169 e. The molecule has 0 aromatic carbocycles. The van der Waals surface area contributed by atoms with Crippen LogP contribution in [0.1, 0.15) is 25.1 Å². The zero-order chi connectivity index (χ0) is 11.1. The van der Waals surface area contributed by atoms with Crippen molar-refractivity contribution in [3.8, 4) is 0 Å². The molecular weight excluding hydrogens is 216 g/mol. The van der Waals surface area contributed by atoms with E-state index in [0.717, 1.165) is 12.1 Å². The molecule has 0 bridgehead atoms. The lowest BCUT2D eigenvalue weighted by Crippen LogP contribution is -2.15. The van der Waals surface area contributed by atoms with Gasteiger partial charge < -0.3 is 5.73 Å². The first-order chi connectivity index (χ1) is 7.03. The largest absolute Gasteiger partial charge is 0.381 e. The second-order valence-corrected chi connectivity index (χ2v) is 6.01. The fourth-order valence-electron chi connectivity index (χ4n) is 1.93. The molecule has 0 spiro atoms. The monoisotopic (exact) mass is 230 g/mol. The summed E-state index contributed by atoms with van der Waals surface area (Å²) < 4.78 is 24.3. The Balaban J connectivity index is 2.31. The van der Waals surface area contributed by atoms with E-state index < -0.39 is 9.84 Å². The molecule has 0 aliphatic carbocycles. The molecule has 2 N–H and O–H groups in total. The van der Waals surface area contributed by atoms with Crippen LogP contribution in [0.25, 0.3) is 0 Å². The predicted octanol–water partition coefficient (Wildman–Crippen LogP) is -0.218.